The Labute approximate surface area is 69.3 Å². The Balaban J connectivity index is 2.57. The van der Waals surface area contributed by atoms with E-state index in [0.717, 1.165) is 13.1 Å². The molecule has 4 N–H and O–H groups in total. The Morgan fingerprint density at radius 3 is 2.55 bits per heavy atom. The summed E-state index contributed by atoms with van der Waals surface area (Å²) in [4.78, 5) is 0. The van der Waals surface area contributed by atoms with Gasteiger partial charge in [0.05, 0.1) is 0 Å². The van der Waals surface area contributed by atoms with Crippen molar-refractivity contribution in [2.75, 3.05) is 13.1 Å². The maximum atomic E-state index is 5.75. The van der Waals surface area contributed by atoms with Crippen LogP contribution in [0.25, 0.3) is 0 Å². The third kappa shape index (κ3) is 1.74. The minimum absolute atomic E-state index is 0.340. The number of hydrogen-bond donors (Lipinski definition) is 2. The van der Waals surface area contributed by atoms with E-state index in [4.69, 9.17) is 11.5 Å². The van der Waals surface area contributed by atoms with Crippen molar-refractivity contribution in [3.05, 3.63) is 0 Å². The van der Waals surface area contributed by atoms with Crippen molar-refractivity contribution in [2.24, 2.45) is 22.8 Å². The van der Waals surface area contributed by atoms with Crippen molar-refractivity contribution >= 4 is 0 Å². The van der Waals surface area contributed by atoms with E-state index in [1.807, 2.05) is 0 Å². The van der Waals surface area contributed by atoms with Crippen LogP contribution in [0.3, 0.4) is 0 Å². The molecule has 11 heavy (non-hydrogen) atoms. The average molecular weight is 156 g/mol. The van der Waals surface area contributed by atoms with Crippen molar-refractivity contribution in [3.8, 4) is 0 Å². The van der Waals surface area contributed by atoms with Crippen LogP contribution in [0.15, 0.2) is 0 Å². The van der Waals surface area contributed by atoms with Crippen LogP contribution < -0.4 is 11.5 Å². The van der Waals surface area contributed by atoms with E-state index < -0.39 is 0 Å². The van der Waals surface area contributed by atoms with E-state index >= 15 is 0 Å². The summed E-state index contributed by atoms with van der Waals surface area (Å²) in [6.07, 6.45) is 5.23. The second-order valence-corrected chi connectivity index (χ2v) is 4.04. The second kappa shape index (κ2) is 3.55. The van der Waals surface area contributed by atoms with Crippen LogP contribution in [0.1, 0.15) is 32.6 Å². The molecular formula is C9H20N2. The molecule has 0 bridgehead atoms. The molecule has 1 aliphatic rings. The summed E-state index contributed by atoms with van der Waals surface area (Å²) in [5, 5.41) is 0. The molecule has 0 heterocycles. The molecule has 2 atom stereocenters. The number of hydrogen-bond acceptors (Lipinski definition) is 2. The topological polar surface area (TPSA) is 52.0 Å². The lowest BCUT2D eigenvalue weighted by Crippen LogP contribution is -2.41. The highest BCUT2D eigenvalue weighted by Crippen LogP contribution is 2.39. The monoisotopic (exact) mass is 156 g/mol. The summed E-state index contributed by atoms with van der Waals surface area (Å²) in [7, 11) is 0. The first-order chi connectivity index (χ1) is 5.23. The van der Waals surface area contributed by atoms with E-state index in [2.05, 4.69) is 6.92 Å². The molecule has 2 unspecified atom stereocenters. The zero-order chi connectivity index (χ0) is 8.32. The van der Waals surface area contributed by atoms with Crippen LogP contribution in [-0.4, -0.2) is 13.1 Å². The van der Waals surface area contributed by atoms with Gasteiger partial charge in [-0.1, -0.05) is 19.8 Å². The Hall–Kier alpha value is -0.0800. The summed E-state index contributed by atoms with van der Waals surface area (Å²) in [5.41, 5.74) is 11.8. The fourth-order valence-corrected chi connectivity index (χ4v) is 2.14. The molecule has 0 aromatic rings. The summed E-state index contributed by atoms with van der Waals surface area (Å²) in [6.45, 7) is 3.90. The first kappa shape index (κ1) is 9.01. The van der Waals surface area contributed by atoms with Gasteiger partial charge in [0, 0.05) is 0 Å². The molecule has 1 fully saturated rings. The van der Waals surface area contributed by atoms with Gasteiger partial charge >= 0.3 is 0 Å². The van der Waals surface area contributed by atoms with Crippen molar-refractivity contribution < 1.29 is 0 Å². The lowest BCUT2D eigenvalue weighted by Gasteiger charge is -2.40. The third-order valence-corrected chi connectivity index (χ3v) is 3.29. The van der Waals surface area contributed by atoms with Gasteiger partial charge in [-0.05, 0) is 37.3 Å². The van der Waals surface area contributed by atoms with Gasteiger partial charge in [-0.2, -0.15) is 0 Å². The Bertz CT molecular complexity index is 125. The highest BCUT2D eigenvalue weighted by Gasteiger charge is 2.33. The molecule has 0 spiro atoms. The molecule has 0 aliphatic heterocycles. The van der Waals surface area contributed by atoms with Crippen molar-refractivity contribution in [1.29, 1.82) is 0 Å². The molecule has 0 amide bonds. The van der Waals surface area contributed by atoms with Crippen LogP contribution in [0.5, 0.6) is 0 Å². The van der Waals surface area contributed by atoms with Gasteiger partial charge in [-0.25, -0.2) is 0 Å². The first-order valence-electron chi connectivity index (χ1n) is 4.63. The SMILES string of the molecule is CC1(CN)CCCCC1CN. The van der Waals surface area contributed by atoms with Crippen molar-refractivity contribution in [1.82, 2.24) is 0 Å². The van der Waals surface area contributed by atoms with E-state index in [0.29, 0.717) is 11.3 Å². The molecule has 1 saturated carbocycles. The van der Waals surface area contributed by atoms with Gasteiger partial charge in [0.15, 0.2) is 0 Å². The van der Waals surface area contributed by atoms with Crippen LogP contribution in [-0.2, 0) is 0 Å². The van der Waals surface area contributed by atoms with Crippen LogP contribution in [0, 0.1) is 11.3 Å². The number of nitrogens with two attached hydrogens (primary N) is 2. The Morgan fingerprint density at radius 1 is 1.36 bits per heavy atom. The lowest BCUT2D eigenvalue weighted by atomic mass is 9.67. The first-order valence-corrected chi connectivity index (χ1v) is 4.63. The van der Waals surface area contributed by atoms with Crippen LogP contribution in [0.4, 0.5) is 0 Å². The van der Waals surface area contributed by atoms with Gasteiger partial charge in [-0.3, -0.25) is 0 Å². The third-order valence-electron chi connectivity index (χ3n) is 3.29. The predicted octanol–water partition coefficient (Wildman–Crippen LogP) is 1.10. The standard InChI is InChI=1S/C9H20N2/c1-9(7-11)5-3-2-4-8(9)6-10/h8H,2-7,10-11H2,1H3. The molecule has 66 valence electrons. The fraction of sp³-hybridized carbons (Fsp3) is 1.00. The zero-order valence-electron chi connectivity index (χ0n) is 7.47. The highest BCUT2D eigenvalue weighted by molar-refractivity contribution is 4.87. The highest BCUT2D eigenvalue weighted by atomic mass is 14.7. The second-order valence-electron chi connectivity index (χ2n) is 4.04. The van der Waals surface area contributed by atoms with Gasteiger partial charge in [-0.15, -0.1) is 0 Å². The largest absolute Gasteiger partial charge is 0.330 e. The molecular weight excluding hydrogens is 136 g/mol. The molecule has 0 aromatic carbocycles. The molecule has 2 heteroatoms. The summed E-state index contributed by atoms with van der Waals surface area (Å²) in [6, 6.07) is 0. The van der Waals surface area contributed by atoms with E-state index in [9.17, 15) is 0 Å². The van der Waals surface area contributed by atoms with Crippen molar-refractivity contribution in [2.45, 2.75) is 32.6 Å². The smallest absolute Gasteiger partial charge is 0.00200 e. The molecule has 0 aromatic heterocycles. The van der Waals surface area contributed by atoms with Crippen molar-refractivity contribution in [3.63, 3.8) is 0 Å². The van der Waals surface area contributed by atoms with Crippen LogP contribution >= 0.6 is 0 Å². The minimum atomic E-state index is 0.340. The summed E-state index contributed by atoms with van der Waals surface area (Å²) in [5.74, 6) is 0.668. The van der Waals surface area contributed by atoms with Gasteiger partial charge < -0.3 is 11.5 Å². The van der Waals surface area contributed by atoms with Gasteiger partial charge in [0.2, 0.25) is 0 Å². The molecule has 1 aliphatic carbocycles. The van der Waals surface area contributed by atoms with E-state index in [1.54, 1.807) is 0 Å². The van der Waals surface area contributed by atoms with Crippen LogP contribution in [0.2, 0.25) is 0 Å². The molecule has 1 rings (SSSR count). The lowest BCUT2D eigenvalue weighted by molar-refractivity contribution is 0.131. The predicted molar refractivity (Wildman–Crippen MR) is 48.2 cm³/mol. The minimum Gasteiger partial charge on any atom is -0.330 e. The van der Waals surface area contributed by atoms with E-state index in [1.165, 1.54) is 25.7 Å². The normalized spacial score (nSPS) is 39.0. The number of rotatable bonds is 2. The van der Waals surface area contributed by atoms with Gasteiger partial charge in [0.1, 0.15) is 0 Å². The Kier molecular flexibility index (Phi) is 2.90. The fourth-order valence-electron chi connectivity index (χ4n) is 2.14. The summed E-state index contributed by atoms with van der Waals surface area (Å²) < 4.78 is 0. The van der Waals surface area contributed by atoms with Gasteiger partial charge in [0.25, 0.3) is 0 Å². The quantitative estimate of drug-likeness (QED) is 0.629. The summed E-state index contributed by atoms with van der Waals surface area (Å²) >= 11 is 0. The maximum Gasteiger partial charge on any atom is -0.00200 e. The molecule has 2 nitrogen and oxygen atoms in total. The molecule has 0 saturated heterocycles. The average Bonchev–Trinajstić information content (AvgIpc) is 2.05. The van der Waals surface area contributed by atoms with E-state index in [-0.39, 0.29) is 0 Å². The Morgan fingerprint density at radius 2 is 2.09 bits per heavy atom. The zero-order valence-corrected chi connectivity index (χ0v) is 7.47. The molecule has 0 radical (unpaired) electrons. The maximum absolute atomic E-state index is 5.75.